The average Bonchev–Trinajstić information content (AvgIpc) is 3.93. The number of furan rings is 1. The number of para-hydroxylation sites is 3. The van der Waals surface area contributed by atoms with Crippen LogP contribution in [0, 0.1) is 0 Å². The number of fused-ring (bicyclic) bond motifs is 7. The summed E-state index contributed by atoms with van der Waals surface area (Å²) in [5, 5.41) is 5.63. The van der Waals surface area contributed by atoms with Crippen LogP contribution in [0.4, 0.5) is 0 Å². The van der Waals surface area contributed by atoms with Crippen molar-refractivity contribution in [3.05, 3.63) is 182 Å². The van der Waals surface area contributed by atoms with Crippen LogP contribution in [-0.4, -0.2) is 19.1 Å². The van der Waals surface area contributed by atoms with Gasteiger partial charge in [-0.3, -0.25) is 4.57 Å². The summed E-state index contributed by atoms with van der Waals surface area (Å²) in [6, 6.07) is 62.2. The predicted molar refractivity (Wildman–Crippen MR) is 217 cm³/mol. The highest BCUT2D eigenvalue weighted by Gasteiger charge is 2.20. The lowest BCUT2D eigenvalue weighted by Crippen LogP contribution is -2.02. The standard InChI is InChI=1S/C48H30N4O/c1-3-11-31(12-4-1)32-19-21-33(22-20-32)46-39-27-28-53-47(39)50-48(49-46)52-43-18-10-8-16-38(43)41-30-35(24-26-45(41)52)34-23-25-44-40(29-34)37-15-7-9-17-42(37)51(44)36-13-5-2-6-14-36/h1-30H. The van der Waals surface area contributed by atoms with Gasteiger partial charge in [0.2, 0.25) is 11.7 Å². The van der Waals surface area contributed by atoms with Crippen LogP contribution < -0.4 is 0 Å². The first-order valence-electron chi connectivity index (χ1n) is 17.8. The quantitative estimate of drug-likeness (QED) is 0.182. The zero-order valence-corrected chi connectivity index (χ0v) is 28.5. The number of aromatic nitrogens is 4. The number of rotatable bonds is 5. The van der Waals surface area contributed by atoms with Crippen LogP contribution in [-0.2, 0) is 0 Å². The van der Waals surface area contributed by atoms with Crippen LogP contribution in [0.3, 0.4) is 0 Å². The highest BCUT2D eigenvalue weighted by Crippen LogP contribution is 2.39. The summed E-state index contributed by atoms with van der Waals surface area (Å²) in [6.07, 6.45) is 1.69. The average molecular weight is 679 g/mol. The molecule has 0 fully saturated rings. The molecule has 53 heavy (non-hydrogen) atoms. The van der Waals surface area contributed by atoms with Gasteiger partial charge in [-0.15, -0.1) is 0 Å². The fourth-order valence-electron chi connectivity index (χ4n) is 7.99. The third-order valence-electron chi connectivity index (χ3n) is 10.5. The molecule has 0 N–H and O–H groups in total. The lowest BCUT2D eigenvalue weighted by molar-refractivity contribution is 0.601. The number of nitrogens with zero attached hydrogens (tertiary/aromatic N) is 4. The van der Waals surface area contributed by atoms with E-state index in [4.69, 9.17) is 14.4 Å². The molecule has 5 nitrogen and oxygen atoms in total. The van der Waals surface area contributed by atoms with E-state index in [1.807, 2.05) is 12.1 Å². The molecule has 11 rings (SSSR count). The lowest BCUT2D eigenvalue weighted by atomic mass is 10.0. The third-order valence-corrected chi connectivity index (χ3v) is 10.5. The number of hydrogen-bond acceptors (Lipinski definition) is 3. The first-order chi connectivity index (χ1) is 26.3. The zero-order valence-electron chi connectivity index (χ0n) is 28.5. The molecule has 0 aliphatic rings. The molecule has 4 heterocycles. The van der Waals surface area contributed by atoms with Gasteiger partial charge in [-0.05, 0) is 76.9 Å². The van der Waals surface area contributed by atoms with Gasteiger partial charge in [-0.2, -0.15) is 4.98 Å². The van der Waals surface area contributed by atoms with Crippen LogP contribution >= 0.6 is 0 Å². The summed E-state index contributed by atoms with van der Waals surface area (Å²) >= 11 is 0. The van der Waals surface area contributed by atoms with E-state index in [2.05, 4.69) is 173 Å². The SMILES string of the molecule is c1ccc(-c2ccc(-c3nc(-n4c5ccccc5c5cc(-c6ccc7c(c6)c6ccccc6n7-c6ccccc6)ccc54)nc4occc34)cc2)cc1. The minimum absolute atomic E-state index is 0.558. The smallest absolute Gasteiger partial charge is 0.238 e. The van der Waals surface area contributed by atoms with Crippen molar-refractivity contribution in [3.63, 3.8) is 0 Å². The molecule has 0 spiro atoms. The summed E-state index contributed by atoms with van der Waals surface area (Å²) in [7, 11) is 0. The Bertz CT molecular complexity index is 3150. The normalized spacial score (nSPS) is 11.8. The Morgan fingerprint density at radius 1 is 0.358 bits per heavy atom. The van der Waals surface area contributed by atoms with Crippen molar-refractivity contribution < 1.29 is 4.42 Å². The summed E-state index contributed by atoms with van der Waals surface area (Å²) in [5.41, 5.74) is 12.7. The van der Waals surface area contributed by atoms with Crippen molar-refractivity contribution >= 4 is 54.7 Å². The molecule has 11 aromatic rings. The van der Waals surface area contributed by atoms with E-state index >= 15 is 0 Å². The van der Waals surface area contributed by atoms with E-state index in [0.717, 1.165) is 55.3 Å². The molecule has 0 amide bonds. The molecule has 0 saturated heterocycles. The Morgan fingerprint density at radius 3 is 1.55 bits per heavy atom. The van der Waals surface area contributed by atoms with Crippen molar-refractivity contribution in [3.8, 4) is 45.1 Å². The van der Waals surface area contributed by atoms with Gasteiger partial charge < -0.3 is 8.98 Å². The monoisotopic (exact) mass is 678 g/mol. The second-order valence-electron chi connectivity index (χ2n) is 13.5. The predicted octanol–water partition coefficient (Wildman–Crippen LogP) is 12.4. The largest absolute Gasteiger partial charge is 0.446 e. The maximum absolute atomic E-state index is 5.94. The highest BCUT2D eigenvalue weighted by atomic mass is 16.3. The van der Waals surface area contributed by atoms with Gasteiger partial charge in [-0.25, -0.2) is 4.98 Å². The fraction of sp³-hybridized carbons (Fsp3) is 0. The maximum Gasteiger partial charge on any atom is 0.238 e. The first kappa shape index (κ1) is 29.5. The summed E-state index contributed by atoms with van der Waals surface area (Å²) in [6.45, 7) is 0. The van der Waals surface area contributed by atoms with Crippen LogP contribution in [0.2, 0.25) is 0 Å². The Balaban J connectivity index is 1.06. The van der Waals surface area contributed by atoms with Gasteiger partial charge in [0, 0.05) is 32.8 Å². The van der Waals surface area contributed by atoms with Gasteiger partial charge >= 0.3 is 0 Å². The van der Waals surface area contributed by atoms with Crippen molar-refractivity contribution in [2.24, 2.45) is 0 Å². The van der Waals surface area contributed by atoms with E-state index in [1.165, 1.54) is 32.9 Å². The minimum atomic E-state index is 0.558. The first-order valence-corrected chi connectivity index (χ1v) is 17.8. The van der Waals surface area contributed by atoms with E-state index < -0.39 is 0 Å². The van der Waals surface area contributed by atoms with E-state index in [0.29, 0.717) is 11.7 Å². The van der Waals surface area contributed by atoms with Crippen LogP contribution in [0.25, 0.3) is 99.9 Å². The molecule has 0 aliphatic carbocycles. The van der Waals surface area contributed by atoms with E-state index in [1.54, 1.807) is 6.26 Å². The molecule has 248 valence electrons. The molecular formula is C48H30N4O. The Kier molecular flexibility index (Phi) is 6.48. The van der Waals surface area contributed by atoms with E-state index in [9.17, 15) is 0 Å². The lowest BCUT2D eigenvalue weighted by Gasteiger charge is -2.10. The van der Waals surface area contributed by atoms with Crippen LogP contribution in [0.15, 0.2) is 187 Å². The Hall–Kier alpha value is -7.24. The van der Waals surface area contributed by atoms with Gasteiger partial charge in [0.05, 0.1) is 39.4 Å². The van der Waals surface area contributed by atoms with Gasteiger partial charge in [0.25, 0.3) is 0 Å². The van der Waals surface area contributed by atoms with Crippen molar-refractivity contribution in [2.45, 2.75) is 0 Å². The third kappa shape index (κ3) is 4.64. The molecule has 0 atom stereocenters. The summed E-state index contributed by atoms with van der Waals surface area (Å²) < 4.78 is 10.5. The summed E-state index contributed by atoms with van der Waals surface area (Å²) in [5.74, 6) is 0.573. The van der Waals surface area contributed by atoms with Gasteiger partial charge in [0.15, 0.2) is 0 Å². The molecule has 0 unspecified atom stereocenters. The van der Waals surface area contributed by atoms with Crippen LogP contribution in [0.1, 0.15) is 0 Å². The molecule has 7 aromatic carbocycles. The van der Waals surface area contributed by atoms with Crippen molar-refractivity contribution in [2.75, 3.05) is 0 Å². The highest BCUT2D eigenvalue weighted by molar-refractivity contribution is 6.12. The number of hydrogen-bond donors (Lipinski definition) is 0. The molecule has 0 radical (unpaired) electrons. The molecule has 4 aromatic heterocycles. The van der Waals surface area contributed by atoms with Crippen LogP contribution in [0.5, 0.6) is 0 Å². The van der Waals surface area contributed by atoms with Gasteiger partial charge in [0.1, 0.15) is 0 Å². The molecule has 0 saturated carbocycles. The Morgan fingerprint density at radius 2 is 0.868 bits per heavy atom. The van der Waals surface area contributed by atoms with Crippen molar-refractivity contribution in [1.29, 1.82) is 0 Å². The summed E-state index contributed by atoms with van der Waals surface area (Å²) in [4.78, 5) is 10.2. The van der Waals surface area contributed by atoms with Crippen molar-refractivity contribution in [1.82, 2.24) is 19.1 Å². The zero-order chi connectivity index (χ0) is 34.9. The minimum Gasteiger partial charge on any atom is -0.446 e. The van der Waals surface area contributed by atoms with E-state index in [-0.39, 0.29) is 0 Å². The van der Waals surface area contributed by atoms with Gasteiger partial charge in [-0.1, -0.05) is 121 Å². The molecular weight excluding hydrogens is 649 g/mol. The fourth-order valence-corrected chi connectivity index (χ4v) is 7.99. The second kappa shape index (κ2) is 11.7. The molecule has 0 aliphatic heterocycles. The Labute approximate surface area is 304 Å². The topological polar surface area (TPSA) is 48.8 Å². The number of benzene rings is 7. The second-order valence-corrected chi connectivity index (χ2v) is 13.5. The maximum atomic E-state index is 5.94. The molecule has 5 heteroatoms. The molecule has 0 bridgehead atoms.